The molecule has 0 saturated heterocycles. The zero-order chi connectivity index (χ0) is 19.3. The fourth-order valence-corrected chi connectivity index (χ4v) is 2.62. The maximum atomic E-state index is 12.5. The van der Waals surface area contributed by atoms with Gasteiger partial charge in [0.2, 0.25) is 0 Å². The van der Waals surface area contributed by atoms with E-state index in [1.807, 2.05) is 45.9 Å². The third-order valence-electron chi connectivity index (χ3n) is 3.73. The lowest BCUT2D eigenvalue weighted by Crippen LogP contribution is -2.33. The third-order valence-corrected chi connectivity index (χ3v) is 3.73. The summed E-state index contributed by atoms with van der Waals surface area (Å²) in [5.74, 6) is 0.115. The van der Waals surface area contributed by atoms with Crippen molar-refractivity contribution in [3.05, 3.63) is 59.2 Å². The molecule has 0 aliphatic heterocycles. The number of hydrogen-bond acceptors (Lipinski definition) is 3. The second-order valence-corrected chi connectivity index (χ2v) is 6.75. The minimum atomic E-state index is -0.697. The summed E-state index contributed by atoms with van der Waals surface area (Å²) >= 11 is 0. The SMILES string of the molecule is Cc1cc(C)cc(O[C@H](C)C(=O)Nc2ccccc2C(=O)NC(C)C)c1. The summed E-state index contributed by atoms with van der Waals surface area (Å²) in [5, 5.41) is 5.62. The molecule has 0 spiro atoms. The zero-order valence-corrected chi connectivity index (χ0v) is 15.9. The lowest BCUT2D eigenvalue weighted by atomic mass is 10.1. The van der Waals surface area contributed by atoms with E-state index < -0.39 is 6.10 Å². The average Bonchev–Trinajstić information content (AvgIpc) is 2.53. The molecule has 138 valence electrons. The van der Waals surface area contributed by atoms with Crippen molar-refractivity contribution in [3.8, 4) is 5.75 Å². The molecule has 0 aliphatic rings. The van der Waals surface area contributed by atoms with Gasteiger partial charge in [-0.1, -0.05) is 18.2 Å². The number of carbonyl (C=O) groups excluding carboxylic acids is 2. The lowest BCUT2D eigenvalue weighted by Gasteiger charge is -2.17. The largest absolute Gasteiger partial charge is 0.481 e. The molecule has 0 aromatic heterocycles. The van der Waals surface area contributed by atoms with Crippen molar-refractivity contribution in [2.24, 2.45) is 0 Å². The van der Waals surface area contributed by atoms with Gasteiger partial charge >= 0.3 is 0 Å². The summed E-state index contributed by atoms with van der Waals surface area (Å²) < 4.78 is 5.76. The highest BCUT2D eigenvalue weighted by Crippen LogP contribution is 2.19. The van der Waals surface area contributed by atoms with Crippen LogP contribution in [-0.2, 0) is 4.79 Å². The fourth-order valence-electron chi connectivity index (χ4n) is 2.62. The summed E-state index contributed by atoms with van der Waals surface area (Å²) in [7, 11) is 0. The quantitative estimate of drug-likeness (QED) is 0.828. The van der Waals surface area contributed by atoms with E-state index in [0.29, 0.717) is 17.0 Å². The van der Waals surface area contributed by atoms with E-state index in [9.17, 15) is 9.59 Å². The molecule has 5 nitrogen and oxygen atoms in total. The Balaban J connectivity index is 2.10. The summed E-state index contributed by atoms with van der Waals surface area (Å²) in [5.41, 5.74) is 3.03. The second-order valence-electron chi connectivity index (χ2n) is 6.75. The first-order valence-electron chi connectivity index (χ1n) is 8.72. The molecular weight excluding hydrogens is 328 g/mol. The Morgan fingerprint density at radius 2 is 1.58 bits per heavy atom. The van der Waals surface area contributed by atoms with Crippen LogP contribution in [0.15, 0.2) is 42.5 Å². The lowest BCUT2D eigenvalue weighted by molar-refractivity contribution is -0.122. The molecule has 5 heteroatoms. The first-order chi connectivity index (χ1) is 12.3. The number of nitrogens with one attached hydrogen (secondary N) is 2. The molecule has 0 bridgehead atoms. The molecule has 0 aliphatic carbocycles. The monoisotopic (exact) mass is 354 g/mol. The maximum Gasteiger partial charge on any atom is 0.265 e. The van der Waals surface area contributed by atoms with E-state index in [-0.39, 0.29) is 17.9 Å². The summed E-state index contributed by atoms with van der Waals surface area (Å²) in [6, 6.07) is 12.8. The number of para-hydroxylation sites is 1. The average molecular weight is 354 g/mol. The number of carbonyl (C=O) groups is 2. The maximum absolute atomic E-state index is 12.5. The Kier molecular flexibility index (Phi) is 6.39. The fraction of sp³-hybridized carbons (Fsp3) is 0.333. The molecule has 0 radical (unpaired) electrons. The first kappa shape index (κ1) is 19.5. The normalized spacial score (nSPS) is 11.8. The zero-order valence-electron chi connectivity index (χ0n) is 15.9. The van der Waals surface area contributed by atoms with E-state index in [1.54, 1.807) is 31.2 Å². The molecule has 2 N–H and O–H groups in total. The van der Waals surface area contributed by atoms with Crippen molar-refractivity contribution >= 4 is 17.5 Å². The molecule has 2 aromatic rings. The molecular formula is C21H26N2O3. The van der Waals surface area contributed by atoms with Gasteiger partial charge in [0.05, 0.1) is 11.3 Å². The number of aryl methyl sites for hydroxylation is 2. The minimum absolute atomic E-state index is 0.0121. The van der Waals surface area contributed by atoms with Crippen molar-refractivity contribution in [3.63, 3.8) is 0 Å². The van der Waals surface area contributed by atoms with Gasteiger partial charge in [-0.25, -0.2) is 0 Å². The third kappa shape index (κ3) is 5.34. The van der Waals surface area contributed by atoms with Gasteiger partial charge in [0, 0.05) is 6.04 Å². The van der Waals surface area contributed by atoms with Gasteiger partial charge in [0.15, 0.2) is 6.10 Å². The Hall–Kier alpha value is -2.82. The standard InChI is InChI=1S/C21H26N2O3/c1-13(2)22-21(25)18-8-6-7-9-19(18)23-20(24)16(5)26-17-11-14(3)10-15(4)12-17/h6-13,16H,1-5H3,(H,22,25)(H,23,24)/t16-/m1/s1. The predicted molar refractivity (Wildman–Crippen MR) is 104 cm³/mol. The molecule has 2 rings (SSSR count). The van der Waals surface area contributed by atoms with Crippen LogP contribution >= 0.6 is 0 Å². The van der Waals surface area contributed by atoms with Gasteiger partial charge in [-0.2, -0.15) is 0 Å². The van der Waals surface area contributed by atoms with Gasteiger partial charge in [-0.3, -0.25) is 9.59 Å². The molecule has 0 unspecified atom stereocenters. The number of ether oxygens (including phenoxy) is 1. The molecule has 26 heavy (non-hydrogen) atoms. The van der Waals surface area contributed by atoms with Crippen LogP contribution in [0.3, 0.4) is 0 Å². The number of anilines is 1. The Bertz CT molecular complexity index is 779. The van der Waals surface area contributed by atoms with Crippen LogP contribution in [0.1, 0.15) is 42.3 Å². The predicted octanol–water partition coefficient (Wildman–Crippen LogP) is 3.85. The van der Waals surface area contributed by atoms with Crippen LogP contribution in [0.5, 0.6) is 5.75 Å². The topological polar surface area (TPSA) is 67.4 Å². The highest BCUT2D eigenvalue weighted by atomic mass is 16.5. The molecule has 2 aromatic carbocycles. The van der Waals surface area contributed by atoms with Gasteiger partial charge in [0.1, 0.15) is 5.75 Å². The summed E-state index contributed by atoms with van der Waals surface area (Å²) in [6.45, 7) is 9.42. The van der Waals surface area contributed by atoms with Gasteiger partial charge < -0.3 is 15.4 Å². The van der Waals surface area contributed by atoms with Crippen LogP contribution in [0.25, 0.3) is 0 Å². The molecule has 1 atom stereocenters. The van der Waals surface area contributed by atoms with Crippen LogP contribution < -0.4 is 15.4 Å². The number of rotatable bonds is 6. The van der Waals surface area contributed by atoms with E-state index in [4.69, 9.17) is 4.74 Å². The van der Waals surface area contributed by atoms with E-state index >= 15 is 0 Å². The molecule has 0 heterocycles. The van der Waals surface area contributed by atoms with Gasteiger partial charge in [-0.15, -0.1) is 0 Å². The van der Waals surface area contributed by atoms with Crippen molar-refractivity contribution in [1.29, 1.82) is 0 Å². The molecule has 0 saturated carbocycles. The van der Waals surface area contributed by atoms with Crippen molar-refractivity contribution < 1.29 is 14.3 Å². The number of hydrogen-bond donors (Lipinski definition) is 2. The van der Waals surface area contributed by atoms with E-state index in [1.165, 1.54) is 0 Å². The van der Waals surface area contributed by atoms with Crippen molar-refractivity contribution in [2.75, 3.05) is 5.32 Å². The Morgan fingerprint density at radius 1 is 0.962 bits per heavy atom. The summed E-state index contributed by atoms with van der Waals surface area (Å²) in [4.78, 5) is 24.8. The Morgan fingerprint density at radius 3 is 2.19 bits per heavy atom. The van der Waals surface area contributed by atoms with Gasteiger partial charge in [0.25, 0.3) is 11.8 Å². The highest BCUT2D eigenvalue weighted by Gasteiger charge is 2.19. The van der Waals surface area contributed by atoms with Crippen LogP contribution in [0, 0.1) is 13.8 Å². The first-order valence-corrected chi connectivity index (χ1v) is 8.72. The highest BCUT2D eigenvalue weighted by molar-refractivity contribution is 6.04. The van der Waals surface area contributed by atoms with E-state index in [0.717, 1.165) is 11.1 Å². The van der Waals surface area contributed by atoms with Crippen molar-refractivity contribution in [2.45, 2.75) is 46.8 Å². The van der Waals surface area contributed by atoms with Crippen LogP contribution in [-0.4, -0.2) is 24.0 Å². The Labute approximate surface area is 154 Å². The second kappa shape index (κ2) is 8.52. The molecule has 0 fully saturated rings. The smallest absolute Gasteiger partial charge is 0.265 e. The number of amides is 2. The van der Waals surface area contributed by atoms with Crippen molar-refractivity contribution in [1.82, 2.24) is 5.32 Å². The van der Waals surface area contributed by atoms with E-state index in [2.05, 4.69) is 10.6 Å². The molecule has 2 amide bonds. The van der Waals surface area contributed by atoms with Gasteiger partial charge in [-0.05, 0) is 70.0 Å². The minimum Gasteiger partial charge on any atom is -0.481 e. The van der Waals surface area contributed by atoms with Crippen LogP contribution in [0.4, 0.5) is 5.69 Å². The summed E-state index contributed by atoms with van der Waals surface area (Å²) in [6.07, 6.45) is -0.697. The van der Waals surface area contributed by atoms with Crippen LogP contribution in [0.2, 0.25) is 0 Å². The number of benzene rings is 2.